The summed E-state index contributed by atoms with van der Waals surface area (Å²) in [4.78, 5) is 0. The van der Waals surface area contributed by atoms with E-state index in [-0.39, 0.29) is 17.7 Å². The molecule has 4 heteroatoms. The topological polar surface area (TPSA) is 9.23 Å². The van der Waals surface area contributed by atoms with Crippen LogP contribution in [-0.4, -0.2) is 6.61 Å². The van der Waals surface area contributed by atoms with Crippen LogP contribution in [0.4, 0.5) is 13.2 Å². The van der Waals surface area contributed by atoms with Gasteiger partial charge in [-0.1, -0.05) is 64.2 Å². The van der Waals surface area contributed by atoms with E-state index in [0.29, 0.717) is 41.7 Å². The maximum Gasteiger partial charge on any atom is 0.162 e. The lowest BCUT2D eigenvalue weighted by molar-refractivity contribution is 0.300. The first kappa shape index (κ1) is 28.0. The van der Waals surface area contributed by atoms with Crippen LogP contribution in [0.15, 0.2) is 30.3 Å². The van der Waals surface area contributed by atoms with Crippen molar-refractivity contribution in [2.45, 2.75) is 116 Å². The van der Waals surface area contributed by atoms with Crippen LogP contribution in [0.5, 0.6) is 5.75 Å². The minimum absolute atomic E-state index is 0.0803. The lowest BCUT2D eigenvalue weighted by Crippen LogP contribution is -2.17. The van der Waals surface area contributed by atoms with Crippen LogP contribution in [0.25, 0.3) is 0 Å². The first-order chi connectivity index (χ1) is 18.0. The quantitative estimate of drug-likeness (QED) is 0.271. The SMILES string of the molecule is CCCCCCOc1ccc(CCC2CCC(c3ccc(C4CCC(C)CC4)c(F)c3F)CC2)c(F)c1. The maximum atomic E-state index is 15.1. The fourth-order valence-corrected chi connectivity index (χ4v) is 6.44. The second-order valence-electron chi connectivity index (χ2n) is 11.7. The van der Waals surface area contributed by atoms with E-state index in [1.807, 2.05) is 24.3 Å². The number of ether oxygens (including phenoxy) is 1. The molecular weight excluding hydrogens is 469 g/mol. The Balaban J connectivity index is 1.24. The predicted molar refractivity (Wildman–Crippen MR) is 146 cm³/mol. The summed E-state index contributed by atoms with van der Waals surface area (Å²) in [6.07, 6.45) is 14.0. The van der Waals surface area contributed by atoms with Crippen LogP contribution in [0.1, 0.15) is 126 Å². The highest BCUT2D eigenvalue weighted by Crippen LogP contribution is 2.42. The van der Waals surface area contributed by atoms with Crippen molar-refractivity contribution in [2.24, 2.45) is 11.8 Å². The summed E-state index contributed by atoms with van der Waals surface area (Å²) in [6.45, 7) is 5.05. The van der Waals surface area contributed by atoms with Gasteiger partial charge >= 0.3 is 0 Å². The van der Waals surface area contributed by atoms with Crippen LogP contribution in [0.2, 0.25) is 0 Å². The summed E-state index contributed by atoms with van der Waals surface area (Å²) in [7, 11) is 0. The first-order valence-electron chi connectivity index (χ1n) is 14.8. The third-order valence-corrected chi connectivity index (χ3v) is 9.00. The van der Waals surface area contributed by atoms with Gasteiger partial charge in [0.2, 0.25) is 0 Å². The molecule has 0 heterocycles. The fraction of sp³-hybridized carbons (Fsp3) is 0.636. The van der Waals surface area contributed by atoms with E-state index >= 15 is 8.78 Å². The molecule has 0 spiro atoms. The number of hydrogen-bond donors (Lipinski definition) is 0. The molecule has 0 N–H and O–H groups in total. The molecule has 1 nitrogen and oxygen atoms in total. The summed E-state index contributed by atoms with van der Waals surface area (Å²) in [5.74, 6) is 0.618. The van der Waals surface area contributed by atoms with Gasteiger partial charge in [-0.2, -0.15) is 0 Å². The first-order valence-corrected chi connectivity index (χ1v) is 14.8. The van der Waals surface area contributed by atoms with Crippen LogP contribution >= 0.6 is 0 Å². The monoisotopic (exact) mass is 514 g/mol. The lowest BCUT2D eigenvalue weighted by atomic mass is 9.75. The molecule has 2 aliphatic rings. The van der Waals surface area contributed by atoms with Crippen LogP contribution in [0.3, 0.4) is 0 Å². The molecule has 0 bridgehead atoms. The zero-order valence-electron chi connectivity index (χ0n) is 22.8. The van der Waals surface area contributed by atoms with Crippen molar-refractivity contribution in [1.29, 1.82) is 0 Å². The van der Waals surface area contributed by atoms with Gasteiger partial charge in [-0.15, -0.1) is 0 Å². The van der Waals surface area contributed by atoms with Gasteiger partial charge in [0.1, 0.15) is 11.6 Å². The molecule has 0 aromatic heterocycles. The molecule has 0 atom stereocenters. The molecule has 2 aromatic carbocycles. The zero-order valence-corrected chi connectivity index (χ0v) is 22.8. The molecule has 0 saturated heterocycles. The largest absolute Gasteiger partial charge is 0.493 e. The van der Waals surface area contributed by atoms with E-state index in [1.165, 1.54) is 18.9 Å². The van der Waals surface area contributed by atoms with Crippen molar-refractivity contribution >= 4 is 0 Å². The zero-order chi connectivity index (χ0) is 26.2. The van der Waals surface area contributed by atoms with Crippen LogP contribution in [-0.2, 0) is 6.42 Å². The number of hydrogen-bond acceptors (Lipinski definition) is 1. The highest BCUT2D eigenvalue weighted by molar-refractivity contribution is 5.32. The summed E-state index contributed by atoms with van der Waals surface area (Å²) in [5, 5.41) is 0. The van der Waals surface area contributed by atoms with Gasteiger partial charge in [0.25, 0.3) is 0 Å². The number of benzene rings is 2. The third kappa shape index (κ3) is 7.54. The van der Waals surface area contributed by atoms with Crippen molar-refractivity contribution < 1.29 is 17.9 Å². The van der Waals surface area contributed by atoms with Crippen molar-refractivity contribution in [3.63, 3.8) is 0 Å². The third-order valence-electron chi connectivity index (χ3n) is 9.00. The summed E-state index contributed by atoms with van der Waals surface area (Å²) < 4.78 is 50.5. The summed E-state index contributed by atoms with van der Waals surface area (Å²) >= 11 is 0. The normalized spacial score (nSPS) is 24.2. The predicted octanol–water partition coefficient (Wildman–Crippen LogP) is 10.3. The van der Waals surface area contributed by atoms with Crippen molar-refractivity contribution in [3.05, 3.63) is 64.5 Å². The van der Waals surface area contributed by atoms with E-state index in [1.54, 1.807) is 0 Å². The maximum absolute atomic E-state index is 15.1. The van der Waals surface area contributed by atoms with Gasteiger partial charge in [0.05, 0.1) is 6.61 Å². The van der Waals surface area contributed by atoms with E-state index in [0.717, 1.165) is 76.2 Å². The van der Waals surface area contributed by atoms with E-state index in [2.05, 4.69) is 13.8 Å². The van der Waals surface area contributed by atoms with E-state index in [4.69, 9.17) is 4.74 Å². The van der Waals surface area contributed by atoms with Gasteiger partial charge in [0.15, 0.2) is 11.6 Å². The van der Waals surface area contributed by atoms with Crippen LogP contribution in [0, 0.1) is 29.3 Å². The highest BCUT2D eigenvalue weighted by Gasteiger charge is 2.29. The molecule has 2 fully saturated rings. The van der Waals surface area contributed by atoms with Gasteiger partial charge in [-0.05, 0) is 104 Å². The molecule has 2 aromatic rings. The van der Waals surface area contributed by atoms with E-state index in [9.17, 15) is 4.39 Å². The van der Waals surface area contributed by atoms with Crippen molar-refractivity contribution in [3.8, 4) is 5.75 Å². The minimum atomic E-state index is -0.616. The molecule has 0 amide bonds. The molecule has 2 aliphatic carbocycles. The molecule has 4 rings (SSSR count). The number of rotatable bonds is 11. The smallest absolute Gasteiger partial charge is 0.162 e. The Kier molecular flexibility index (Phi) is 10.4. The van der Waals surface area contributed by atoms with Gasteiger partial charge in [-0.25, -0.2) is 13.2 Å². The molecule has 0 aliphatic heterocycles. The minimum Gasteiger partial charge on any atom is -0.493 e. The Morgan fingerprint density at radius 2 is 1.38 bits per heavy atom. The van der Waals surface area contributed by atoms with Gasteiger partial charge < -0.3 is 4.74 Å². The van der Waals surface area contributed by atoms with Crippen molar-refractivity contribution in [2.75, 3.05) is 6.61 Å². The molecular formula is C33H45F3O. The average Bonchev–Trinajstić information content (AvgIpc) is 2.91. The Hall–Kier alpha value is -1.97. The molecule has 2 saturated carbocycles. The molecule has 37 heavy (non-hydrogen) atoms. The fourth-order valence-electron chi connectivity index (χ4n) is 6.44. The average molecular weight is 515 g/mol. The molecule has 204 valence electrons. The summed E-state index contributed by atoms with van der Waals surface area (Å²) in [6, 6.07) is 8.97. The number of halogens is 3. The highest BCUT2D eigenvalue weighted by atomic mass is 19.2. The Bertz CT molecular complexity index is 987. The number of unbranched alkanes of at least 4 members (excludes halogenated alkanes) is 3. The Morgan fingerprint density at radius 3 is 1.97 bits per heavy atom. The molecule has 0 radical (unpaired) electrons. The second kappa shape index (κ2) is 13.7. The summed E-state index contributed by atoms with van der Waals surface area (Å²) in [5.41, 5.74) is 1.87. The van der Waals surface area contributed by atoms with Gasteiger partial charge in [0, 0.05) is 6.07 Å². The van der Waals surface area contributed by atoms with E-state index < -0.39 is 11.6 Å². The Morgan fingerprint density at radius 1 is 0.757 bits per heavy atom. The molecule has 0 unspecified atom stereocenters. The second-order valence-corrected chi connectivity index (χ2v) is 11.7. The lowest BCUT2D eigenvalue weighted by Gasteiger charge is -2.30. The Labute approximate surface area is 222 Å². The van der Waals surface area contributed by atoms with Gasteiger partial charge in [-0.3, -0.25) is 0 Å². The standard InChI is InChI=1S/C33H45F3O/c1-3-4-5-6-21-37-28-18-17-27(31(34)22-28)16-11-24-9-14-26(15-10-24)30-20-19-29(32(35)33(30)36)25-12-7-23(2)8-13-25/h17-20,22-26H,3-16,21H2,1-2H3. The van der Waals surface area contributed by atoms with Crippen LogP contribution < -0.4 is 4.74 Å². The number of aryl methyl sites for hydroxylation is 1. The van der Waals surface area contributed by atoms with Crippen molar-refractivity contribution in [1.82, 2.24) is 0 Å².